The van der Waals surface area contributed by atoms with Crippen LogP contribution in [0.15, 0.2) is 24.3 Å². The van der Waals surface area contributed by atoms with E-state index in [4.69, 9.17) is 11.6 Å². The summed E-state index contributed by atoms with van der Waals surface area (Å²) in [5.41, 5.74) is 1.12. The predicted molar refractivity (Wildman–Crippen MR) is 72.4 cm³/mol. The summed E-state index contributed by atoms with van der Waals surface area (Å²) in [5.74, 6) is 0.411. The zero-order chi connectivity index (χ0) is 12.9. The highest BCUT2D eigenvalue weighted by molar-refractivity contribution is 7.90. The van der Waals surface area contributed by atoms with Crippen molar-refractivity contribution in [2.24, 2.45) is 0 Å². The Morgan fingerprint density at radius 1 is 1.29 bits per heavy atom. The van der Waals surface area contributed by atoms with Gasteiger partial charge in [0.15, 0.2) is 0 Å². The lowest BCUT2D eigenvalue weighted by Crippen LogP contribution is -2.20. The van der Waals surface area contributed by atoms with Gasteiger partial charge in [0, 0.05) is 17.8 Å². The summed E-state index contributed by atoms with van der Waals surface area (Å²) in [6.45, 7) is 0.761. The van der Waals surface area contributed by atoms with Gasteiger partial charge in [0.05, 0.1) is 5.75 Å². The van der Waals surface area contributed by atoms with E-state index in [1.54, 1.807) is 0 Å². The average molecular weight is 276 g/mol. The van der Waals surface area contributed by atoms with Crippen LogP contribution in [0.2, 0.25) is 5.02 Å². The zero-order valence-electron chi connectivity index (χ0n) is 10.1. The molecule has 5 heteroatoms. The van der Waals surface area contributed by atoms with Gasteiger partial charge in [-0.3, -0.25) is 0 Å². The van der Waals surface area contributed by atoms with Gasteiger partial charge < -0.3 is 5.32 Å². The molecule has 1 unspecified atom stereocenters. The fourth-order valence-electron chi connectivity index (χ4n) is 1.72. The topological polar surface area (TPSA) is 46.2 Å². The van der Waals surface area contributed by atoms with Gasteiger partial charge >= 0.3 is 0 Å². The smallest absolute Gasteiger partial charge is 0.147 e. The first-order valence-electron chi connectivity index (χ1n) is 5.50. The van der Waals surface area contributed by atoms with E-state index < -0.39 is 9.84 Å². The Hall–Kier alpha value is -0.580. The summed E-state index contributed by atoms with van der Waals surface area (Å²) in [6, 6.07) is 7.57. The third-order valence-electron chi connectivity index (χ3n) is 2.63. The molecule has 0 amide bonds. The lowest BCUT2D eigenvalue weighted by atomic mass is 9.96. The predicted octanol–water partition coefficient (Wildman–Crippen LogP) is 2.08. The van der Waals surface area contributed by atoms with Crippen LogP contribution in [0.1, 0.15) is 17.9 Å². The molecular formula is C12H18ClNO2S. The Labute approximate surface area is 108 Å². The summed E-state index contributed by atoms with van der Waals surface area (Å²) in [4.78, 5) is 0. The molecule has 0 aliphatic heterocycles. The van der Waals surface area contributed by atoms with Crippen LogP contribution < -0.4 is 5.32 Å². The minimum Gasteiger partial charge on any atom is -0.319 e. The van der Waals surface area contributed by atoms with Crippen LogP contribution in [0, 0.1) is 0 Å². The summed E-state index contributed by atoms with van der Waals surface area (Å²) in [6.07, 6.45) is 1.90. The van der Waals surface area contributed by atoms with Crippen molar-refractivity contribution in [1.82, 2.24) is 5.32 Å². The second kappa shape index (κ2) is 6.38. The monoisotopic (exact) mass is 275 g/mol. The Balaban J connectivity index is 2.75. The molecule has 3 nitrogen and oxygen atoms in total. The largest absolute Gasteiger partial charge is 0.319 e. The van der Waals surface area contributed by atoms with Crippen LogP contribution in [-0.2, 0) is 9.84 Å². The van der Waals surface area contributed by atoms with Gasteiger partial charge in [0.2, 0.25) is 0 Å². The second-order valence-corrected chi connectivity index (χ2v) is 6.92. The number of halogens is 1. The number of nitrogens with one attached hydrogen (secondary N) is 1. The van der Waals surface area contributed by atoms with Crippen LogP contribution in [-0.4, -0.2) is 34.0 Å². The van der Waals surface area contributed by atoms with Crippen molar-refractivity contribution in [2.45, 2.75) is 12.3 Å². The minimum atomic E-state index is -2.91. The Morgan fingerprint density at radius 2 is 1.88 bits per heavy atom. The molecule has 0 saturated carbocycles. The lowest BCUT2D eigenvalue weighted by Gasteiger charge is -2.16. The minimum absolute atomic E-state index is 0.201. The molecule has 0 bridgehead atoms. The number of hydrogen-bond donors (Lipinski definition) is 1. The molecule has 96 valence electrons. The Kier molecular flexibility index (Phi) is 5.43. The highest BCUT2D eigenvalue weighted by Gasteiger charge is 2.13. The van der Waals surface area contributed by atoms with Crippen LogP contribution in [0.25, 0.3) is 0 Å². The standard InChI is InChI=1S/C12H18ClNO2S/c1-14-9-11(7-8-17(2,15)16)10-3-5-12(13)6-4-10/h3-6,11,14H,7-9H2,1-2H3. The number of sulfone groups is 1. The van der Waals surface area contributed by atoms with E-state index >= 15 is 0 Å². The first kappa shape index (κ1) is 14.5. The SMILES string of the molecule is CNCC(CCS(C)(=O)=O)c1ccc(Cl)cc1. The van der Waals surface area contributed by atoms with Crippen LogP contribution in [0.3, 0.4) is 0 Å². The quantitative estimate of drug-likeness (QED) is 0.865. The highest BCUT2D eigenvalue weighted by atomic mass is 35.5. The van der Waals surface area contributed by atoms with E-state index in [1.165, 1.54) is 6.26 Å². The Morgan fingerprint density at radius 3 is 2.35 bits per heavy atom. The lowest BCUT2D eigenvalue weighted by molar-refractivity contribution is 0.578. The van der Waals surface area contributed by atoms with E-state index in [1.807, 2.05) is 31.3 Å². The van der Waals surface area contributed by atoms with Crippen molar-refractivity contribution in [3.05, 3.63) is 34.9 Å². The maximum atomic E-state index is 11.2. The second-order valence-electron chi connectivity index (χ2n) is 4.22. The fourth-order valence-corrected chi connectivity index (χ4v) is 2.56. The highest BCUT2D eigenvalue weighted by Crippen LogP contribution is 2.21. The number of benzene rings is 1. The molecule has 0 radical (unpaired) electrons. The molecule has 0 aliphatic carbocycles. The molecular weight excluding hydrogens is 258 g/mol. The van der Waals surface area contributed by atoms with Crippen LogP contribution in [0.5, 0.6) is 0 Å². The molecule has 0 aromatic heterocycles. The van der Waals surface area contributed by atoms with Crippen molar-refractivity contribution in [3.63, 3.8) is 0 Å². The molecule has 1 aromatic carbocycles. The van der Waals surface area contributed by atoms with Gasteiger partial charge in [-0.15, -0.1) is 0 Å². The molecule has 0 heterocycles. The summed E-state index contributed by atoms with van der Waals surface area (Å²) in [7, 11) is -1.04. The molecule has 0 aliphatic rings. The van der Waals surface area contributed by atoms with Crippen molar-refractivity contribution in [2.75, 3.05) is 25.6 Å². The van der Waals surface area contributed by atoms with E-state index in [0.29, 0.717) is 11.4 Å². The van der Waals surface area contributed by atoms with Crippen molar-refractivity contribution < 1.29 is 8.42 Å². The number of rotatable bonds is 6. The molecule has 1 rings (SSSR count). The molecule has 1 aromatic rings. The van der Waals surface area contributed by atoms with Crippen LogP contribution in [0.4, 0.5) is 0 Å². The first-order chi connectivity index (χ1) is 7.92. The molecule has 0 saturated heterocycles. The van der Waals surface area contributed by atoms with E-state index in [0.717, 1.165) is 12.1 Å². The maximum absolute atomic E-state index is 11.2. The number of hydrogen-bond acceptors (Lipinski definition) is 3. The summed E-state index contributed by atoms with van der Waals surface area (Å²) >= 11 is 5.83. The van der Waals surface area contributed by atoms with Gasteiger partial charge in [0.1, 0.15) is 9.84 Å². The third kappa shape index (κ3) is 5.52. The van der Waals surface area contributed by atoms with Crippen molar-refractivity contribution >= 4 is 21.4 Å². The number of likely N-dealkylation sites (N-methyl/N-ethyl adjacent to an activating group) is 1. The van der Waals surface area contributed by atoms with Crippen molar-refractivity contribution in [1.29, 1.82) is 0 Å². The van der Waals surface area contributed by atoms with Crippen molar-refractivity contribution in [3.8, 4) is 0 Å². The van der Waals surface area contributed by atoms with Gasteiger partial charge in [-0.1, -0.05) is 23.7 Å². The van der Waals surface area contributed by atoms with Gasteiger partial charge in [-0.25, -0.2) is 8.42 Å². The molecule has 0 fully saturated rings. The molecule has 1 atom stereocenters. The van der Waals surface area contributed by atoms with Gasteiger partial charge in [0.25, 0.3) is 0 Å². The van der Waals surface area contributed by atoms with Gasteiger partial charge in [-0.2, -0.15) is 0 Å². The average Bonchev–Trinajstić information content (AvgIpc) is 2.24. The van der Waals surface area contributed by atoms with E-state index in [-0.39, 0.29) is 11.7 Å². The third-order valence-corrected chi connectivity index (χ3v) is 3.86. The van der Waals surface area contributed by atoms with E-state index in [2.05, 4.69) is 5.32 Å². The summed E-state index contributed by atoms with van der Waals surface area (Å²) in [5, 5.41) is 3.78. The first-order valence-corrected chi connectivity index (χ1v) is 7.94. The van der Waals surface area contributed by atoms with E-state index in [9.17, 15) is 8.42 Å². The van der Waals surface area contributed by atoms with Crippen LogP contribution >= 0.6 is 11.6 Å². The maximum Gasteiger partial charge on any atom is 0.147 e. The zero-order valence-corrected chi connectivity index (χ0v) is 11.7. The summed E-state index contributed by atoms with van der Waals surface area (Å²) < 4.78 is 22.4. The molecule has 17 heavy (non-hydrogen) atoms. The molecule has 1 N–H and O–H groups in total. The normalized spacial score (nSPS) is 13.6. The Bertz CT molecular complexity index is 442. The fraction of sp³-hybridized carbons (Fsp3) is 0.500. The molecule has 0 spiro atoms. The van der Waals surface area contributed by atoms with Gasteiger partial charge in [-0.05, 0) is 37.1 Å².